The lowest BCUT2D eigenvalue weighted by atomic mass is 9.70. The number of hydrogen-bond acceptors (Lipinski definition) is 0. The van der Waals surface area contributed by atoms with E-state index in [9.17, 15) is 0 Å². The van der Waals surface area contributed by atoms with Crippen molar-refractivity contribution in [2.24, 2.45) is 0 Å². The van der Waals surface area contributed by atoms with Gasteiger partial charge in [0.05, 0.1) is 5.41 Å². The van der Waals surface area contributed by atoms with Crippen LogP contribution in [-0.4, -0.2) is 0 Å². The number of hydrogen-bond donors (Lipinski definition) is 0. The third-order valence-electron chi connectivity index (χ3n) is 6.05. The third-order valence-corrected chi connectivity index (χ3v) is 8.52. The average Bonchev–Trinajstić information content (AvgIpc) is 3.18. The molecule has 0 atom stereocenters. The SMILES string of the molecule is Brc1c(I)ccc2c1-c1ccccc1C21c2ccccc2-c2ccccc21. The molecule has 2 aliphatic rings. The fourth-order valence-electron chi connectivity index (χ4n) is 5.12. The molecule has 2 aliphatic carbocycles. The van der Waals surface area contributed by atoms with Gasteiger partial charge in [-0.1, -0.05) is 78.9 Å². The summed E-state index contributed by atoms with van der Waals surface area (Å²) in [4.78, 5) is 0. The first-order valence-corrected chi connectivity index (χ1v) is 10.9. The summed E-state index contributed by atoms with van der Waals surface area (Å²) in [5.74, 6) is 0. The fourth-order valence-corrected chi connectivity index (χ4v) is 6.12. The Balaban J connectivity index is 1.89. The largest absolute Gasteiger partial charge is 0.0725 e. The molecular weight excluding hydrogens is 507 g/mol. The Labute approximate surface area is 180 Å². The van der Waals surface area contributed by atoms with Crippen molar-refractivity contribution in [3.8, 4) is 22.3 Å². The van der Waals surface area contributed by atoms with Gasteiger partial charge in [0.15, 0.2) is 0 Å². The molecule has 0 aliphatic heterocycles. The first-order valence-electron chi connectivity index (χ1n) is 9.02. The van der Waals surface area contributed by atoms with Crippen LogP contribution in [-0.2, 0) is 5.41 Å². The van der Waals surface area contributed by atoms with Gasteiger partial charge in [-0.25, -0.2) is 0 Å². The lowest BCUT2D eigenvalue weighted by molar-refractivity contribution is 0.793. The number of halogens is 2. The number of rotatable bonds is 0. The van der Waals surface area contributed by atoms with Gasteiger partial charge in [0.2, 0.25) is 0 Å². The minimum absolute atomic E-state index is 0.230. The Hall–Kier alpha value is -1.91. The molecule has 0 radical (unpaired) electrons. The zero-order valence-electron chi connectivity index (χ0n) is 14.3. The highest BCUT2D eigenvalue weighted by Gasteiger charge is 2.51. The summed E-state index contributed by atoms with van der Waals surface area (Å²) >= 11 is 6.33. The standard InChI is InChI=1S/C25H14BrI/c26-24-22(27)14-13-21-23(24)17-9-3-6-12-20(17)25(21)18-10-4-1-7-15(18)16-8-2-5-11-19(16)25/h1-14H. The predicted octanol–water partition coefficient (Wildman–Crippen LogP) is 7.40. The van der Waals surface area contributed by atoms with E-state index in [-0.39, 0.29) is 5.41 Å². The summed E-state index contributed by atoms with van der Waals surface area (Å²) in [7, 11) is 0. The van der Waals surface area contributed by atoms with Crippen LogP contribution in [0.1, 0.15) is 22.3 Å². The predicted molar refractivity (Wildman–Crippen MR) is 123 cm³/mol. The molecule has 4 aromatic rings. The van der Waals surface area contributed by atoms with E-state index < -0.39 is 0 Å². The van der Waals surface area contributed by atoms with Gasteiger partial charge < -0.3 is 0 Å². The summed E-state index contributed by atoms with van der Waals surface area (Å²) < 4.78 is 2.45. The molecule has 0 nitrogen and oxygen atoms in total. The van der Waals surface area contributed by atoms with Gasteiger partial charge in [0.25, 0.3) is 0 Å². The fraction of sp³-hybridized carbons (Fsp3) is 0.0400. The van der Waals surface area contributed by atoms with Gasteiger partial charge >= 0.3 is 0 Å². The normalized spacial score (nSPS) is 14.6. The van der Waals surface area contributed by atoms with E-state index >= 15 is 0 Å². The monoisotopic (exact) mass is 520 g/mol. The van der Waals surface area contributed by atoms with Gasteiger partial charge in [0.1, 0.15) is 0 Å². The smallest absolute Gasteiger partial charge is 0.0619 e. The maximum Gasteiger partial charge on any atom is 0.0725 e. The molecule has 0 saturated heterocycles. The molecular formula is C25H14BrI. The summed E-state index contributed by atoms with van der Waals surface area (Å²) in [6.45, 7) is 0. The molecule has 27 heavy (non-hydrogen) atoms. The molecule has 4 aromatic carbocycles. The first kappa shape index (κ1) is 16.1. The number of fused-ring (bicyclic) bond motifs is 10. The van der Waals surface area contributed by atoms with Crippen molar-refractivity contribution in [3.05, 3.63) is 115 Å². The Morgan fingerprint density at radius 1 is 0.556 bits per heavy atom. The molecule has 1 spiro atoms. The molecule has 0 saturated carbocycles. The molecule has 0 heterocycles. The highest BCUT2D eigenvalue weighted by atomic mass is 127. The van der Waals surface area contributed by atoms with Crippen LogP contribution in [0.3, 0.4) is 0 Å². The van der Waals surface area contributed by atoms with E-state index in [0.717, 1.165) is 0 Å². The van der Waals surface area contributed by atoms with Gasteiger partial charge in [0, 0.05) is 13.6 Å². The Morgan fingerprint density at radius 2 is 1.04 bits per heavy atom. The summed E-state index contributed by atoms with van der Waals surface area (Å²) in [5, 5.41) is 0. The van der Waals surface area contributed by atoms with E-state index in [0.29, 0.717) is 0 Å². The van der Waals surface area contributed by atoms with Gasteiger partial charge in [-0.05, 0) is 83.5 Å². The van der Waals surface area contributed by atoms with Crippen LogP contribution < -0.4 is 0 Å². The minimum Gasteiger partial charge on any atom is -0.0619 e. The maximum atomic E-state index is 3.90. The molecule has 0 fully saturated rings. The van der Waals surface area contributed by atoms with E-state index in [2.05, 4.69) is 123 Å². The molecule has 2 heteroatoms. The molecule has 0 N–H and O–H groups in total. The first-order chi connectivity index (χ1) is 13.2. The molecule has 6 rings (SSSR count). The Morgan fingerprint density at radius 3 is 1.63 bits per heavy atom. The van der Waals surface area contributed by atoms with Crippen LogP contribution >= 0.6 is 38.5 Å². The second-order valence-electron chi connectivity index (χ2n) is 7.17. The van der Waals surface area contributed by atoms with Crippen molar-refractivity contribution >= 4 is 38.5 Å². The van der Waals surface area contributed by atoms with Crippen LogP contribution in [0.2, 0.25) is 0 Å². The van der Waals surface area contributed by atoms with Crippen LogP contribution in [0.25, 0.3) is 22.3 Å². The summed E-state index contributed by atoms with van der Waals surface area (Å²) in [6.07, 6.45) is 0. The number of benzene rings is 4. The maximum absolute atomic E-state index is 3.90. The van der Waals surface area contributed by atoms with E-state index in [1.54, 1.807) is 0 Å². The van der Waals surface area contributed by atoms with E-state index in [1.165, 1.54) is 52.6 Å². The molecule has 128 valence electrons. The zero-order valence-corrected chi connectivity index (χ0v) is 18.1. The Kier molecular flexibility index (Phi) is 3.31. The summed E-state index contributed by atoms with van der Waals surface area (Å²) in [5.41, 5.74) is 10.7. The third kappa shape index (κ3) is 1.83. The molecule has 0 unspecified atom stereocenters. The van der Waals surface area contributed by atoms with Crippen LogP contribution in [0, 0.1) is 3.57 Å². The lowest BCUT2D eigenvalue weighted by Gasteiger charge is -2.30. The summed E-state index contributed by atoms with van der Waals surface area (Å²) in [6, 6.07) is 31.3. The highest BCUT2D eigenvalue weighted by Crippen LogP contribution is 2.63. The van der Waals surface area contributed by atoms with Crippen molar-refractivity contribution in [1.82, 2.24) is 0 Å². The Bertz CT molecular complexity index is 1210. The van der Waals surface area contributed by atoms with Crippen molar-refractivity contribution in [1.29, 1.82) is 0 Å². The topological polar surface area (TPSA) is 0 Å². The van der Waals surface area contributed by atoms with Crippen molar-refractivity contribution in [2.45, 2.75) is 5.41 Å². The average molecular weight is 521 g/mol. The zero-order chi connectivity index (χ0) is 18.2. The van der Waals surface area contributed by atoms with Gasteiger partial charge in [-0.3, -0.25) is 0 Å². The van der Waals surface area contributed by atoms with Crippen molar-refractivity contribution < 1.29 is 0 Å². The van der Waals surface area contributed by atoms with E-state index in [1.807, 2.05) is 0 Å². The van der Waals surface area contributed by atoms with Crippen LogP contribution in [0.5, 0.6) is 0 Å². The lowest BCUT2D eigenvalue weighted by Crippen LogP contribution is -2.25. The van der Waals surface area contributed by atoms with E-state index in [4.69, 9.17) is 0 Å². The van der Waals surface area contributed by atoms with Crippen molar-refractivity contribution in [3.63, 3.8) is 0 Å². The van der Waals surface area contributed by atoms with Crippen LogP contribution in [0.15, 0.2) is 89.4 Å². The molecule has 0 bridgehead atoms. The molecule has 0 aromatic heterocycles. The second-order valence-corrected chi connectivity index (χ2v) is 9.13. The van der Waals surface area contributed by atoms with Crippen molar-refractivity contribution in [2.75, 3.05) is 0 Å². The van der Waals surface area contributed by atoms with Crippen LogP contribution in [0.4, 0.5) is 0 Å². The van der Waals surface area contributed by atoms with Gasteiger partial charge in [-0.2, -0.15) is 0 Å². The highest BCUT2D eigenvalue weighted by molar-refractivity contribution is 14.1. The second kappa shape index (κ2) is 5.55. The van der Waals surface area contributed by atoms with Gasteiger partial charge in [-0.15, -0.1) is 0 Å². The molecule has 0 amide bonds. The quantitative estimate of drug-likeness (QED) is 0.183. The minimum atomic E-state index is -0.230.